The molecule has 7 heteroatoms. The Bertz CT molecular complexity index is 1270. The first-order valence-corrected chi connectivity index (χ1v) is 12.0. The molecule has 32 heavy (non-hydrogen) atoms. The monoisotopic (exact) mass is 450 g/mol. The fourth-order valence-corrected chi connectivity index (χ4v) is 4.86. The fraction of sp³-hybridized carbons (Fsp3) is 0.200. The van der Waals surface area contributed by atoms with Gasteiger partial charge in [0.15, 0.2) is 0 Å². The zero-order chi connectivity index (χ0) is 22.4. The zero-order valence-electron chi connectivity index (χ0n) is 17.9. The summed E-state index contributed by atoms with van der Waals surface area (Å²) in [6, 6.07) is 23.6. The topological polar surface area (TPSA) is 69.6 Å². The number of rotatable bonds is 10. The molecule has 4 aromatic rings. The Morgan fingerprint density at radius 2 is 1.66 bits per heavy atom. The summed E-state index contributed by atoms with van der Waals surface area (Å²) in [5.74, 6) is 1.53. The van der Waals surface area contributed by atoms with E-state index in [1.807, 2.05) is 43.3 Å². The van der Waals surface area contributed by atoms with Crippen LogP contribution in [0, 0.1) is 0 Å². The molecule has 166 valence electrons. The van der Waals surface area contributed by atoms with Gasteiger partial charge < -0.3 is 14.8 Å². The molecule has 0 atom stereocenters. The number of fused-ring (bicyclic) bond motifs is 1. The van der Waals surface area contributed by atoms with Gasteiger partial charge >= 0.3 is 0 Å². The van der Waals surface area contributed by atoms with Crippen molar-refractivity contribution in [3.63, 3.8) is 0 Å². The highest BCUT2D eigenvalue weighted by molar-refractivity contribution is 7.90. The van der Waals surface area contributed by atoms with Crippen molar-refractivity contribution >= 4 is 20.9 Å². The summed E-state index contributed by atoms with van der Waals surface area (Å²) in [4.78, 5) is 0.252. The lowest BCUT2D eigenvalue weighted by Gasteiger charge is -2.11. The maximum atomic E-state index is 13.0. The largest absolute Gasteiger partial charge is 0.494 e. The minimum Gasteiger partial charge on any atom is -0.494 e. The highest BCUT2D eigenvalue weighted by Gasteiger charge is 2.19. The van der Waals surface area contributed by atoms with Crippen LogP contribution in [0.3, 0.4) is 0 Å². The lowest BCUT2D eigenvalue weighted by molar-refractivity contribution is 0.317. The first kappa shape index (κ1) is 21.9. The van der Waals surface area contributed by atoms with Crippen LogP contribution >= 0.6 is 0 Å². The summed E-state index contributed by atoms with van der Waals surface area (Å²) in [5, 5.41) is 4.12. The molecule has 6 nitrogen and oxygen atoms in total. The van der Waals surface area contributed by atoms with E-state index in [0.29, 0.717) is 31.0 Å². The smallest absolute Gasteiger partial charge is 0.268 e. The van der Waals surface area contributed by atoms with Crippen LogP contribution in [-0.4, -0.2) is 32.1 Å². The van der Waals surface area contributed by atoms with Gasteiger partial charge in [-0.15, -0.1) is 0 Å². The summed E-state index contributed by atoms with van der Waals surface area (Å²) in [5.41, 5.74) is 1.76. The maximum absolute atomic E-state index is 13.0. The van der Waals surface area contributed by atoms with Crippen molar-refractivity contribution in [1.29, 1.82) is 0 Å². The fourth-order valence-electron chi connectivity index (χ4n) is 3.49. The number of hydrogen-bond acceptors (Lipinski definition) is 5. The van der Waals surface area contributed by atoms with Gasteiger partial charge in [0.05, 0.1) is 17.0 Å². The van der Waals surface area contributed by atoms with Gasteiger partial charge in [-0.2, -0.15) is 0 Å². The Labute approximate surface area is 188 Å². The number of nitrogens with zero attached hydrogens (tertiary/aromatic N) is 1. The summed E-state index contributed by atoms with van der Waals surface area (Å²) in [6.45, 7) is 4.47. The Kier molecular flexibility index (Phi) is 6.78. The molecule has 0 bridgehead atoms. The lowest BCUT2D eigenvalue weighted by Crippen LogP contribution is -2.20. The molecular weight excluding hydrogens is 424 g/mol. The van der Waals surface area contributed by atoms with Gasteiger partial charge in [0.1, 0.15) is 18.1 Å². The Hall–Kier alpha value is -3.29. The molecule has 0 saturated heterocycles. The van der Waals surface area contributed by atoms with E-state index in [9.17, 15) is 8.42 Å². The molecule has 0 spiro atoms. The molecular formula is C25H26N2O4S. The molecule has 1 aromatic heterocycles. The van der Waals surface area contributed by atoms with Crippen molar-refractivity contribution < 1.29 is 17.9 Å². The first-order chi connectivity index (χ1) is 15.6. The van der Waals surface area contributed by atoms with Crippen molar-refractivity contribution in [2.24, 2.45) is 0 Å². The zero-order valence-corrected chi connectivity index (χ0v) is 18.7. The number of nitrogens with one attached hydrogen (secondary N) is 1. The van der Waals surface area contributed by atoms with Gasteiger partial charge in [-0.25, -0.2) is 12.4 Å². The minimum absolute atomic E-state index is 0.252. The van der Waals surface area contributed by atoms with Gasteiger partial charge in [0.2, 0.25) is 0 Å². The molecule has 1 heterocycles. The van der Waals surface area contributed by atoms with Crippen LogP contribution in [0.5, 0.6) is 11.5 Å². The van der Waals surface area contributed by atoms with E-state index in [1.54, 1.807) is 48.7 Å². The third-order valence-electron chi connectivity index (χ3n) is 5.06. The van der Waals surface area contributed by atoms with E-state index < -0.39 is 10.0 Å². The predicted octanol–water partition coefficient (Wildman–Crippen LogP) is 4.45. The van der Waals surface area contributed by atoms with Crippen LogP contribution in [0.15, 0.2) is 90.0 Å². The van der Waals surface area contributed by atoms with Gasteiger partial charge in [-0.3, -0.25) is 0 Å². The van der Waals surface area contributed by atoms with Crippen LogP contribution in [0.1, 0.15) is 12.5 Å². The van der Waals surface area contributed by atoms with E-state index in [1.165, 1.54) is 9.54 Å². The molecule has 0 aliphatic carbocycles. The van der Waals surface area contributed by atoms with Crippen LogP contribution in [0.25, 0.3) is 10.9 Å². The van der Waals surface area contributed by atoms with Crippen molar-refractivity contribution in [2.75, 3.05) is 19.8 Å². The van der Waals surface area contributed by atoms with E-state index in [2.05, 4.69) is 5.32 Å². The van der Waals surface area contributed by atoms with Gasteiger partial charge in [0, 0.05) is 24.7 Å². The lowest BCUT2D eigenvalue weighted by atomic mass is 10.2. The normalized spacial score (nSPS) is 11.5. The second-order valence-corrected chi connectivity index (χ2v) is 9.04. The Balaban J connectivity index is 1.38. The molecule has 1 N–H and O–H groups in total. The third-order valence-corrected chi connectivity index (χ3v) is 6.76. The van der Waals surface area contributed by atoms with E-state index in [-0.39, 0.29) is 4.90 Å². The average molecular weight is 451 g/mol. The molecule has 0 radical (unpaired) electrons. The number of aromatic nitrogens is 1. The van der Waals surface area contributed by atoms with Gasteiger partial charge in [-0.1, -0.05) is 36.4 Å². The summed E-state index contributed by atoms with van der Waals surface area (Å²) < 4.78 is 38.7. The van der Waals surface area contributed by atoms with Crippen molar-refractivity contribution in [1.82, 2.24) is 9.29 Å². The van der Waals surface area contributed by atoms with Crippen LogP contribution in [0.4, 0.5) is 0 Å². The van der Waals surface area contributed by atoms with E-state index in [4.69, 9.17) is 9.47 Å². The number of benzene rings is 3. The first-order valence-electron chi connectivity index (χ1n) is 10.6. The summed E-state index contributed by atoms with van der Waals surface area (Å²) >= 11 is 0. The highest BCUT2D eigenvalue weighted by atomic mass is 32.2. The molecule has 0 fully saturated rings. The Morgan fingerprint density at radius 3 is 2.41 bits per heavy atom. The molecule has 0 unspecified atom stereocenters. The van der Waals surface area contributed by atoms with Gasteiger partial charge in [0.25, 0.3) is 10.0 Å². The Morgan fingerprint density at radius 1 is 0.875 bits per heavy atom. The molecule has 0 amide bonds. The predicted molar refractivity (Wildman–Crippen MR) is 126 cm³/mol. The van der Waals surface area contributed by atoms with Crippen molar-refractivity contribution in [3.05, 3.63) is 90.6 Å². The molecule has 0 aliphatic heterocycles. The minimum atomic E-state index is -3.67. The quantitative estimate of drug-likeness (QED) is 0.362. The molecule has 4 rings (SSSR count). The molecule has 3 aromatic carbocycles. The summed E-state index contributed by atoms with van der Waals surface area (Å²) in [7, 11) is -3.67. The second kappa shape index (κ2) is 9.89. The van der Waals surface area contributed by atoms with Crippen molar-refractivity contribution in [2.45, 2.75) is 18.4 Å². The second-order valence-electron chi connectivity index (χ2n) is 7.22. The standard InChI is InChI=1S/C25H26N2O4S/c1-2-30-21-13-11-20(12-14-21)19-26-16-18-31-25-10-6-9-24-23(25)15-17-27(24)32(28,29)22-7-4-3-5-8-22/h3-15,17,26H,2,16,18-19H2,1H3. The highest BCUT2D eigenvalue weighted by Crippen LogP contribution is 2.29. The van der Waals surface area contributed by atoms with E-state index in [0.717, 1.165) is 17.7 Å². The average Bonchev–Trinajstić information content (AvgIpc) is 3.27. The van der Waals surface area contributed by atoms with Crippen LogP contribution < -0.4 is 14.8 Å². The van der Waals surface area contributed by atoms with Crippen LogP contribution in [-0.2, 0) is 16.6 Å². The third kappa shape index (κ3) is 4.79. The van der Waals surface area contributed by atoms with E-state index >= 15 is 0 Å². The molecule has 0 aliphatic rings. The maximum Gasteiger partial charge on any atom is 0.268 e. The van der Waals surface area contributed by atoms with Crippen LogP contribution in [0.2, 0.25) is 0 Å². The SMILES string of the molecule is CCOc1ccc(CNCCOc2cccc3c2ccn3S(=O)(=O)c2ccccc2)cc1. The van der Waals surface area contributed by atoms with Crippen molar-refractivity contribution in [3.8, 4) is 11.5 Å². The van der Waals surface area contributed by atoms with Gasteiger partial charge in [-0.05, 0) is 55.0 Å². The number of ether oxygens (including phenoxy) is 2. The summed E-state index contributed by atoms with van der Waals surface area (Å²) in [6.07, 6.45) is 1.57. The number of hydrogen-bond donors (Lipinski definition) is 1. The molecule has 0 saturated carbocycles.